The lowest BCUT2D eigenvalue weighted by Gasteiger charge is -2.31. The predicted octanol–water partition coefficient (Wildman–Crippen LogP) is 4.38. The summed E-state index contributed by atoms with van der Waals surface area (Å²) in [6, 6.07) is 1.78. The van der Waals surface area contributed by atoms with Crippen LogP contribution in [0.1, 0.15) is 19.5 Å². The summed E-state index contributed by atoms with van der Waals surface area (Å²) in [5, 5.41) is 0.310. The topological polar surface area (TPSA) is 25.8 Å². The van der Waals surface area contributed by atoms with Crippen LogP contribution < -0.4 is 0 Å². The molecule has 0 bridgehead atoms. The van der Waals surface area contributed by atoms with E-state index in [2.05, 4.69) is 23.8 Å². The fourth-order valence-electron chi connectivity index (χ4n) is 2.42. The first kappa shape index (κ1) is 14.5. The van der Waals surface area contributed by atoms with E-state index in [0.717, 1.165) is 5.57 Å². The van der Waals surface area contributed by atoms with Gasteiger partial charge in [-0.05, 0) is 47.6 Å². The Morgan fingerprint density at radius 2 is 2.16 bits per heavy atom. The fraction of sp³-hybridized carbons (Fsp3) is 0.429. The molecular weight excluding hydrogens is 283 g/mol. The van der Waals surface area contributed by atoms with Gasteiger partial charge in [0, 0.05) is 17.4 Å². The van der Waals surface area contributed by atoms with Crippen LogP contribution in [-0.4, -0.2) is 21.5 Å². The van der Waals surface area contributed by atoms with Crippen molar-refractivity contribution in [2.45, 2.75) is 19.1 Å². The van der Waals surface area contributed by atoms with Gasteiger partial charge in [-0.15, -0.1) is 0 Å². The van der Waals surface area contributed by atoms with E-state index in [0.29, 0.717) is 11.6 Å². The summed E-state index contributed by atoms with van der Waals surface area (Å²) in [4.78, 5) is 8.09. The molecule has 0 amide bonds. The number of hydrogen-bond acceptors (Lipinski definition) is 3. The summed E-state index contributed by atoms with van der Waals surface area (Å²) in [5.41, 5.74) is 1.61. The van der Waals surface area contributed by atoms with Gasteiger partial charge in [-0.1, -0.05) is 13.8 Å². The van der Waals surface area contributed by atoms with Crippen molar-refractivity contribution in [3.05, 3.63) is 41.2 Å². The molecule has 2 rings (SSSR count). The van der Waals surface area contributed by atoms with Gasteiger partial charge in [-0.3, -0.25) is 0 Å². The molecule has 5 heteroatoms. The van der Waals surface area contributed by atoms with E-state index in [-0.39, 0.29) is 22.3 Å². The number of thioether (sulfide) groups is 1. The van der Waals surface area contributed by atoms with Crippen molar-refractivity contribution in [3.63, 3.8) is 0 Å². The second-order valence-corrected chi connectivity index (χ2v) is 6.19. The number of allylic oxidation sites excluding steroid dienone is 3. The Morgan fingerprint density at radius 3 is 2.74 bits per heavy atom. The average molecular weight is 299 g/mol. The number of nitrogens with zero attached hydrogens (tertiary/aromatic N) is 2. The minimum Gasteiger partial charge on any atom is -0.226 e. The molecule has 0 fully saturated rings. The monoisotopic (exact) mass is 298 g/mol. The molecule has 1 aromatic rings. The van der Waals surface area contributed by atoms with Crippen molar-refractivity contribution in [2.24, 2.45) is 11.8 Å². The minimum atomic E-state index is -0.207. The first-order valence-electron chi connectivity index (χ1n) is 6.13. The first-order valence-corrected chi connectivity index (χ1v) is 7.80. The minimum absolute atomic E-state index is 0.119. The van der Waals surface area contributed by atoms with Crippen LogP contribution in [0.2, 0.25) is 5.28 Å². The Kier molecular flexibility index (Phi) is 4.63. The van der Waals surface area contributed by atoms with Crippen molar-refractivity contribution in [3.8, 4) is 0 Å². The summed E-state index contributed by atoms with van der Waals surface area (Å²) >= 11 is 7.49. The van der Waals surface area contributed by atoms with Crippen LogP contribution in [0.5, 0.6) is 0 Å². The molecule has 0 spiro atoms. The maximum Gasteiger partial charge on any atom is 0.222 e. The van der Waals surface area contributed by atoms with Crippen LogP contribution in [0.3, 0.4) is 0 Å². The highest BCUT2D eigenvalue weighted by Gasteiger charge is 2.31. The standard InChI is InChI=1S/C14H16ClFN2S/c1-8(2)13-10(6-9(16)7-12(13)19-3)11-4-5-17-14(15)18-11/h4-8,12-13H,1-3H3. The number of aromatic nitrogens is 2. The van der Waals surface area contributed by atoms with Crippen molar-refractivity contribution in [2.75, 3.05) is 6.26 Å². The SMILES string of the molecule is CSC1C=C(F)C=C(c2ccnc(Cl)n2)C1C(C)C. The summed E-state index contributed by atoms with van der Waals surface area (Å²) < 4.78 is 13.8. The zero-order valence-electron chi connectivity index (χ0n) is 11.1. The first-order chi connectivity index (χ1) is 9.02. The third-order valence-electron chi connectivity index (χ3n) is 3.24. The van der Waals surface area contributed by atoms with Gasteiger partial charge < -0.3 is 0 Å². The third kappa shape index (κ3) is 3.18. The number of halogens is 2. The van der Waals surface area contributed by atoms with Crippen molar-refractivity contribution in [1.29, 1.82) is 0 Å². The molecule has 1 aliphatic carbocycles. The highest BCUT2D eigenvalue weighted by atomic mass is 35.5. The molecule has 1 heterocycles. The van der Waals surface area contributed by atoms with Gasteiger partial charge in [0.2, 0.25) is 5.28 Å². The zero-order valence-corrected chi connectivity index (χ0v) is 12.7. The molecular formula is C14H16ClFN2S. The molecule has 1 aliphatic rings. The third-order valence-corrected chi connectivity index (χ3v) is 4.40. The van der Waals surface area contributed by atoms with Gasteiger partial charge in [0.15, 0.2) is 0 Å². The number of rotatable bonds is 3. The summed E-state index contributed by atoms with van der Waals surface area (Å²) in [6.07, 6.45) is 6.85. The van der Waals surface area contributed by atoms with Gasteiger partial charge in [-0.2, -0.15) is 11.8 Å². The van der Waals surface area contributed by atoms with Gasteiger partial charge in [0.05, 0.1) is 5.69 Å². The van der Waals surface area contributed by atoms with Gasteiger partial charge in [0.25, 0.3) is 0 Å². The fourth-order valence-corrected chi connectivity index (χ4v) is 3.59. The lowest BCUT2D eigenvalue weighted by molar-refractivity contribution is 0.480. The molecule has 2 nitrogen and oxygen atoms in total. The maximum atomic E-state index is 13.8. The second kappa shape index (κ2) is 6.06. The van der Waals surface area contributed by atoms with E-state index in [1.165, 1.54) is 0 Å². The molecule has 2 unspecified atom stereocenters. The smallest absolute Gasteiger partial charge is 0.222 e. The van der Waals surface area contributed by atoms with Crippen LogP contribution in [0.25, 0.3) is 5.57 Å². The largest absolute Gasteiger partial charge is 0.226 e. The van der Waals surface area contributed by atoms with Crippen molar-refractivity contribution in [1.82, 2.24) is 9.97 Å². The lowest BCUT2D eigenvalue weighted by atomic mass is 9.80. The van der Waals surface area contributed by atoms with Crippen LogP contribution in [0.4, 0.5) is 4.39 Å². The molecule has 19 heavy (non-hydrogen) atoms. The summed E-state index contributed by atoms with van der Waals surface area (Å²) in [6.45, 7) is 4.28. The molecule has 0 radical (unpaired) electrons. The summed E-state index contributed by atoms with van der Waals surface area (Å²) in [7, 11) is 0. The molecule has 1 aromatic heterocycles. The second-order valence-electron chi connectivity index (χ2n) is 4.83. The average Bonchev–Trinajstić information content (AvgIpc) is 2.37. The van der Waals surface area contributed by atoms with E-state index in [1.807, 2.05) is 6.26 Å². The van der Waals surface area contributed by atoms with Gasteiger partial charge in [-0.25, -0.2) is 14.4 Å². The molecule has 0 aliphatic heterocycles. The Morgan fingerprint density at radius 1 is 1.42 bits per heavy atom. The molecule has 0 saturated carbocycles. The van der Waals surface area contributed by atoms with Crippen LogP contribution in [0.15, 0.2) is 30.2 Å². The van der Waals surface area contributed by atoms with Crippen LogP contribution >= 0.6 is 23.4 Å². The predicted molar refractivity (Wildman–Crippen MR) is 79.8 cm³/mol. The molecule has 0 saturated heterocycles. The molecule has 2 atom stereocenters. The van der Waals surface area contributed by atoms with E-state index in [9.17, 15) is 4.39 Å². The molecule has 0 aromatic carbocycles. The van der Waals surface area contributed by atoms with Crippen LogP contribution in [-0.2, 0) is 0 Å². The quantitative estimate of drug-likeness (QED) is 0.774. The Bertz CT molecular complexity index is 528. The zero-order chi connectivity index (χ0) is 14.0. The highest BCUT2D eigenvalue weighted by molar-refractivity contribution is 7.99. The lowest BCUT2D eigenvalue weighted by Crippen LogP contribution is -2.25. The van der Waals surface area contributed by atoms with E-state index in [4.69, 9.17) is 11.6 Å². The van der Waals surface area contributed by atoms with Gasteiger partial charge in [0.1, 0.15) is 5.83 Å². The maximum absolute atomic E-state index is 13.8. The molecule has 102 valence electrons. The summed E-state index contributed by atoms with van der Waals surface area (Å²) in [5.74, 6) is 0.406. The van der Waals surface area contributed by atoms with Gasteiger partial charge >= 0.3 is 0 Å². The van der Waals surface area contributed by atoms with E-state index < -0.39 is 0 Å². The number of hydrogen-bond donors (Lipinski definition) is 0. The Labute approximate surface area is 122 Å². The Balaban J connectivity index is 2.48. The van der Waals surface area contributed by atoms with Crippen molar-refractivity contribution >= 4 is 28.9 Å². The normalized spacial score (nSPS) is 23.3. The van der Waals surface area contributed by atoms with Crippen LogP contribution in [0, 0.1) is 11.8 Å². The highest BCUT2D eigenvalue weighted by Crippen LogP contribution is 2.40. The van der Waals surface area contributed by atoms with Crippen molar-refractivity contribution < 1.29 is 4.39 Å². The van der Waals surface area contributed by atoms with E-state index in [1.54, 1.807) is 36.2 Å². The van der Waals surface area contributed by atoms with E-state index >= 15 is 0 Å². The Hall–Kier alpha value is -0.870. The molecule has 0 N–H and O–H groups in total.